The van der Waals surface area contributed by atoms with Crippen molar-refractivity contribution in [1.29, 1.82) is 0 Å². The molecule has 3 rings (SSSR count). The van der Waals surface area contributed by atoms with Gasteiger partial charge >= 0.3 is 0 Å². The lowest BCUT2D eigenvalue weighted by Crippen LogP contribution is -2.39. The van der Waals surface area contributed by atoms with E-state index in [1.807, 2.05) is 0 Å². The fourth-order valence-corrected chi connectivity index (χ4v) is 3.48. The summed E-state index contributed by atoms with van der Waals surface area (Å²) in [5, 5.41) is 3.81. The van der Waals surface area contributed by atoms with Gasteiger partial charge in [-0.25, -0.2) is 0 Å². The first-order valence-corrected chi connectivity index (χ1v) is 8.23. The molecule has 2 atom stereocenters. The van der Waals surface area contributed by atoms with E-state index in [0.29, 0.717) is 6.04 Å². The molecule has 0 spiro atoms. The van der Waals surface area contributed by atoms with Gasteiger partial charge in [0.2, 0.25) is 0 Å². The number of hydrogen-bond donors (Lipinski definition) is 1. The molecule has 0 radical (unpaired) electrons. The SMILES string of the molecule is c1ccc(CN[C@@H]2CCCC[C@H]2Cc2ccccc2)cc1. The third-order valence-electron chi connectivity index (χ3n) is 4.66. The molecule has 0 saturated heterocycles. The molecule has 1 aliphatic rings. The third-order valence-corrected chi connectivity index (χ3v) is 4.66. The van der Waals surface area contributed by atoms with Crippen molar-refractivity contribution in [2.45, 2.75) is 44.7 Å². The zero-order valence-electron chi connectivity index (χ0n) is 12.7. The van der Waals surface area contributed by atoms with Gasteiger partial charge in [-0.15, -0.1) is 0 Å². The Labute approximate surface area is 128 Å². The monoisotopic (exact) mass is 279 g/mol. The molecule has 1 N–H and O–H groups in total. The zero-order chi connectivity index (χ0) is 14.3. The maximum absolute atomic E-state index is 3.81. The smallest absolute Gasteiger partial charge is 0.0208 e. The highest BCUT2D eigenvalue weighted by molar-refractivity contribution is 5.16. The van der Waals surface area contributed by atoms with Crippen LogP contribution in [0.25, 0.3) is 0 Å². The van der Waals surface area contributed by atoms with E-state index >= 15 is 0 Å². The Balaban J connectivity index is 1.59. The second-order valence-corrected chi connectivity index (χ2v) is 6.21. The molecule has 110 valence electrons. The van der Waals surface area contributed by atoms with Gasteiger partial charge in [-0.1, -0.05) is 73.5 Å². The van der Waals surface area contributed by atoms with Crippen molar-refractivity contribution in [3.63, 3.8) is 0 Å². The van der Waals surface area contributed by atoms with Gasteiger partial charge in [0.15, 0.2) is 0 Å². The van der Waals surface area contributed by atoms with Crippen molar-refractivity contribution in [1.82, 2.24) is 5.32 Å². The number of hydrogen-bond acceptors (Lipinski definition) is 1. The van der Waals surface area contributed by atoms with Crippen molar-refractivity contribution in [3.8, 4) is 0 Å². The van der Waals surface area contributed by atoms with Gasteiger partial charge in [0.1, 0.15) is 0 Å². The van der Waals surface area contributed by atoms with Crippen molar-refractivity contribution in [3.05, 3.63) is 71.8 Å². The average Bonchev–Trinajstić information content (AvgIpc) is 2.56. The van der Waals surface area contributed by atoms with E-state index in [1.165, 1.54) is 43.2 Å². The molecule has 0 heterocycles. The van der Waals surface area contributed by atoms with E-state index in [1.54, 1.807) is 0 Å². The highest BCUT2D eigenvalue weighted by Gasteiger charge is 2.24. The lowest BCUT2D eigenvalue weighted by Gasteiger charge is -2.32. The fourth-order valence-electron chi connectivity index (χ4n) is 3.48. The number of nitrogens with one attached hydrogen (secondary N) is 1. The number of rotatable bonds is 5. The van der Waals surface area contributed by atoms with Gasteiger partial charge in [-0.05, 0) is 36.3 Å². The Kier molecular flexibility index (Phi) is 5.07. The molecule has 0 amide bonds. The van der Waals surface area contributed by atoms with Crippen LogP contribution in [-0.2, 0) is 13.0 Å². The van der Waals surface area contributed by atoms with Crippen LogP contribution in [0.2, 0.25) is 0 Å². The van der Waals surface area contributed by atoms with Crippen molar-refractivity contribution < 1.29 is 0 Å². The molecule has 2 aromatic rings. The van der Waals surface area contributed by atoms with Gasteiger partial charge in [-0.2, -0.15) is 0 Å². The summed E-state index contributed by atoms with van der Waals surface area (Å²) >= 11 is 0. The Bertz CT molecular complexity index is 520. The van der Waals surface area contributed by atoms with Gasteiger partial charge in [0, 0.05) is 12.6 Å². The van der Waals surface area contributed by atoms with Crippen molar-refractivity contribution >= 4 is 0 Å². The Morgan fingerprint density at radius 2 is 1.38 bits per heavy atom. The lowest BCUT2D eigenvalue weighted by atomic mass is 9.80. The highest BCUT2D eigenvalue weighted by Crippen LogP contribution is 2.27. The molecule has 1 aliphatic carbocycles. The molecule has 0 unspecified atom stereocenters. The second-order valence-electron chi connectivity index (χ2n) is 6.21. The van der Waals surface area contributed by atoms with Crippen LogP contribution in [0, 0.1) is 5.92 Å². The van der Waals surface area contributed by atoms with Gasteiger partial charge in [0.05, 0.1) is 0 Å². The van der Waals surface area contributed by atoms with E-state index in [0.717, 1.165) is 12.5 Å². The first kappa shape index (κ1) is 14.3. The van der Waals surface area contributed by atoms with Gasteiger partial charge in [0.25, 0.3) is 0 Å². The van der Waals surface area contributed by atoms with Crippen LogP contribution in [0.3, 0.4) is 0 Å². The first-order chi connectivity index (χ1) is 10.4. The second kappa shape index (κ2) is 7.42. The van der Waals surface area contributed by atoms with E-state index in [9.17, 15) is 0 Å². The highest BCUT2D eigenvalue weighted by atomic mass is 14.9. The lowest BCUT2D eigenvalue weighted by molar-refractivity contribution is 0.259. The summed E-state index contributed by atoms with van der Waals surface area (Å²) in [5.74, 6) is 0.782. The normalized spacial score (nSPS) is 22.1. The number of benzene rings is 2. The van der Waals surface area contributed by atoms with Crippen LogP contribution < -0.4 is 5.32 Å². The van der Waals surface area contributed by atoms with E-state index in [4.69, 9.17) is 0 Å². The Morgan fingerprint density at radius 3 is 2.10 bits per heavy atom. The minimum atomic E-state index is 0.666. The minimum Gasteiger partial charge on any atom is -0.310 e. The largest absolute Gasteiger partial charge is 0.310 e. The Hall–Kier alpha value is -1.60. The van der Waals surface area contributed by atoms with E-state index < -0.39 is 0 Å². The van der Waals surface area contributed by atoms with Crippen LogP contribution in [0.1, 0.15) is 36.8 Å². The third kappa shape index (κ3) is 4.18. The molecule has 1 saturated carbocycles. The van der Waals surface area contributed by atoms with Crippen LogP contribution in [-0.4, -0.2) is 6.04 Å². The summed E-state index contributed by atoms with van der Waals surface area (Å²) in [7, 11) is 0. The molecule has 0 bridgehead atoms. The molecule has 1 nitrogen and oxygen atoms in total. The van der Waals surface area contributed by atoms with Crippen LogP contribution in [0.15, 0.2) is 60.7 Å². The molecule has 1 heteroatoms. The summed E-state index contributed by atoms with van der Waals surface area (Å²) in [4.78, 5) is 0. The van der Waals surface area contributed by atoms with Crippen LogP contribution >= 0.6 is 0 Å². The Morgan fingerprint density at radius 1 is 0.762 bits per heavy atom. The first-order valence-electron chi connectivity index (χ1n) is 8.23. The van der Waals surface area contributed by atoms with Crippen molar-refractivity contribution in [2.75, 3.05) is 0 Å². The molecule has 1 fully saturated rings. The molecule has 0 aromatic heterocycles. The fraction of sp³-hybridized carbons (Fsp3) is 0.400. The maximum Gasteiger partial charge on any atom is 0.0208 e. The summed E-state index contributed by atoms with van der Waals surface area (Å²) in [6.45, 7) is 0.997. The molecule has 21 heavy (non-hydrogen) atoms. The predicted molar refractivity (Wildman–Crippen MR) is 89.2 cm³/mol. The molecule has 0 aliphatic heterocycles. The van der Waals surface area contributed by atoms with Crippen LogP contribution in [0.5, 0.6) is 0 Å². The van der Waals surface area contributed by atoms with E-state index in [-0.39, 0.29) is 0 Å². The van der Waals surface area contributed by atoms with Gasteiger partial charge < -0.3 is 5.32 Å². The molecular weight excluding hydrogens is 254 g/mol. The van der Waals surface area contributed by atoms with Gasteiger partial charge in [-0.3, -0.25) is 0 Å². The van der Waals surface area contributed by atoms with Crippen LogP contribution in [0.4, 0.5) is 0 Å². The zero-order valence-corrected chi connectivity index (χ0v) is 12.7. The average molecular weight is 279 g/mol. The summed E-state index contributed by atoms with van der Waals surface area (Å²) in [5.41, 5.74) is 2.87. The standard InChI is InChI=1S/C20H25N/c1-3-9-17(10-4-1)15-19-13-7-8-14-20(19)21-16-18-11-5-2-6-12-18/h1-6,9-12,19-21H,7-8,13-16H2/t19-,20+/m0/s1. The predicted octanol–water partition coefficient (Wildman–Crippen LogP) is 4.58. The summed E-state index contributed by atoms with van der Waals surface area (Å²) in [6.07, 6.45) is 6.66. The summed E-state index contributed by atoms with van der Waals surface area (Å²) in [6, 6.07) is 22.4. The topological polar surface area (TPSA) is 12.0 Å². The summed E-state index contributed by atoms with van der Waals surface area (Å²) < 4.78 is 0. The maximum atomic E-state index is 3.81. The van der Waals surface area contributed by atoms with E-state index in [2.05, 4.69) is 66.0 Å². The minimum absolute atomic E-state index is 0.666. The molecule has 2 aromatic carbocycles. The van der Waals surface area contributed by atoms with Crippen molar-refractivity contribution in [2.24, 2.45) is 5.92 Å². The molecular formula is C20H25N. The quantitative estimate of drug-likeness (QED) is 0.845.